The lowest BCUT2D eigenvalue weighted by molar-refractivity contribution is 0.184. The zero-order valence-corrected chi connectivity index (χ0v) is 14.8. The van der Waals surface area contributed by atoms with E-state index in [-0.39, 0.29) is 12.1 Å². The van der Waals surface area contributed by atoms with E-state index >= 15 is 0 Å². The Morgan fingerprint density at radius 1 is 1.30 bits per heavy atom. The smallest absolute Gasteiger partial charge is 0.317 e. The number of amides is 2. The number of nitrogens with one attached hydrogen (secondary N) is 1. The molecule has 0 atom stereocenters. The molecule has 0 aliphatic heterocycles. The van der Waals surface area contributed by atoms with E-state index in [4.69, 9.17) is 23.2 Å². The topological polar surface area (TPSA) is 45.2 Å². The molecule has 0 saturated heterocycles. The maximum Gasteiger partial charge on any atom is 0.324 e. The van der Waals surface area contributed by atoms with E-state index < -0.39 is 0 Å². The molecule has 2 amide bonds. The number of carbonyl (C=O) groups is 1. The van der Waals surface area contributed by atoms with Crippen molar-refractivity contribution in [3.63, 3.8) is 0 Å². The van der Waals surface area contributed by atoms with Crippen molar-refractivity contribution in [1.82, 2.24) is 9.88 Å². The summed E-state index contributed by atoms with van der Waals surface area (Å²) in [5.74, 6) is 0. The maximum atomic E-state index is 12.7. The van der Waals surface area contributed by atoms with Crippen LogP contribution in [0.15, 0.2) is 29.8 Å². The van der Waals surface area contributed by atoms with Crippen LogP contribution < -0.4 is 5.32 Å². The van der Waals surface area contributed by atoms with Crippen molar-refractivity contribution in [2.75, 3.05) is 5.32 Å². The molecule has 3 rings (SSSR count). The molecule has 0 unspecified atom stereocenters. The number of rotatable bonds is 4. The van der Waals surface area contributed by atoms with Crippen molar-refractivity contribution in [2.45, 2.75) is 38.3 Å². The zero-order chi connectivity index (χ0) is 16.2. The quantitative estimate of drug-likeness (QED) is 0.780. The number of benzene rings is 1. The van der Waals surface area contributed by atoms with Crippen LogP contribution in [-0.2, 0) is 6.54 Å². The van der Waals surface area contributed by atoms with Gasteiger partial charge in [-0.2, -0.15) is 0 Å². The van der Waals surface area contributed by atoms with Gasteiger partial charge in [0.25, 0.3) is 0 Å². The summed E-state index contributed by atoms with van der Waals surface area (Å²) in [7, 11) is 0. The molecule has 23 heavy (non-hydrogen) atoms. The highest BCUT2D eigenvalue weighted by molar-refractivity contribution is 7.13. The highest BCUT2D eigenvalue weighted by atomic mass is 35.5. The molecular weight excluding hydrogens is 353 g/mol. The summed E-state index contributed by atoms with van der Waals surface area (Å²) in [6.07, 6.45) is 6.07. The van der Waals surface area contributed by atoms with Crippen molar-refractivity contribution in [1.29, 1.82) is 0 Å². The van der Waals surface area contributed by atoms with Gasteiger partial charge in [0.05, 0.1) is 10.0 Å². The number of halogens is 2. The minimum atomic E-state index is -0.113. The predicted molar refractivity (Wildman–Crippen MR) is 95.4 cm³/mol. The van der Waals surface area contributed by atoms with Gasteiger partial charge >= 0.3 is 6.03 Å². The molecule has 1 aliphatic carbocycles. The summed E-state index contributed by atoms with van der Waals surface area (Å²) in [4.78, 5) is 18.7. The van der Waals surface area contributed by atoms with Gasteiger partial charge in [0.1, 0.15) is 0 Å². The number of hydrogen-bond donors (Lipinski definition) is 1. The first-order chi connectivity index (χ1) is 11.1. The van der Waals surface area contributed by atoms with Crippen molar-refractivity contribution in [3.05, 3.63) is 45.4 Å². The Labute approximate surface area is 149 Å². The minimum absolute atomic E-state index is 0.113. The van der Waals surface area contributed by atoms with Gasteiger partial charge in [0.15, 0.2) is 5.13 Å². The number of hydrogen-bond acceptors (Lipinski definition) is 3. The number of thiazole rings is 1. The van der Waals surface area contributed by atoms with Crippen LogP contribution in [0.3, 0.4) is 0 Å². The van der Waals surface area contributed by atoms with Crippen LogP contribution in [0.5, 0.6) is 0 Å². The first-order valence-corrected chi connectivity index (χ1v) is 9.18. The van der Waals surface area contributed by atoms with Gasteiger partial charge in [-0.3, -0.25) is 5.32 Å². The number of aromatic nitrogens is 1. The van der Waals surface area contributed by atoms with Crippen molar-refractivity contribution in [2.24, 2.45) is 0 Å². The lowest BCUT2D eigenvalue weighted by Crippen LogP contribution is -2.41. The third-order valence-corrected chi connectivity index (χ3v) is 5.44. The molecule has 1 aromatic carbocycles. The maximum absolute atomic E-state index is 12.7. The largest absolute Gasteiger partial charge is 0.324 e. The molecule has 0 radical (unpaired) electrons. The summed E-state index contributed by atoms with van der Waals surface area (Å²) >= 11 is 13.5. The number of nitrogens with zero attached hydrogens (tertiary/aromatic N) is 2. The van der Waals surface area contributed by atoms with Crippen LogP contribution in [0.25, 0.3) is 0 Å². The van der Waals surface area contributed by atoms with Gasteiger partial charge in [-0.05, 0) is 30.5 Å². The van der Waals surface area contributed by atoms with Crippen LogP contribution in [0.2, 0.25) is 10.0 Å². The van der Waals surface area contributed by atoms with Gasteiger partial charge in [-0.1, -0.05) is 42.1 Å². The highest BCUT2D eigenvalue weighted by Gasteiger charge is 2.27. The Kier molecular flexibility index (Phi) is 5.41. The summed E-state index contributed by atoms with van der Waals surface area (Å²) in [6, 6.07) is 5.64. The van der Waals surface area contributed by atoms with E-state index in [2.05, 4.69) is 10.3 Å². The fourth-order valence-corrected chi connectivity index (χ4v) is 3.71. The standard InChI is InChI=1S/C16H17Cl2N3OS/c17-13-6-5-11(9-14(13)18)10-21(12-3-1-2-4-12)16(22)20-15-19-7-8-23-15/h5-9,12H,1-4,10H2,(H,19,20,22). The molecule has 0 spiro atoms. The summed E-state index contributed by atoms with van der Waals surface area (Å²) in [5, 5.41) is 6.37. The molecular formula is C16H17Cl2N3OS. The van der Waals surface area contributed by atoms with E-state index in [1.807, 2.05) is 22.4 Å². The predicted octanol–water partition coefficient (Wildman–Crippen LogP) is 5.43. The summed E-state index contributed by atoms with van der Waals surface area (Å²) in [6.45, 7) is 0.513. The molecule has 1 aromatic heterocycles. The van der Waals surface area contributed by atoms with Gasteiger partial charge < -0.3 is 4.90 Å². The molecule has 1 aliphatic rings. The van der Waals surface area contributed by atoms with Crippen molar-refractivity contribution in [3.8, 4) is 0 Å². The van der Waals surface area contributed by atoms with Crippen LogP contribution in [0.4, 0.5) is 9.93 Å². The van der Waals surface area contributed by atoms with Gasteiger partial charge in [-0.25, -0.2) is 9.78 Å². The first-order valence-electron chi connectivity index (χ1n) is 7.54. The van der Waals surface area contributed by atoms with Crippen LogP contribution in [-0.4, -0.2) is 22.0 Å². The Hall–Kier alpha value is -1.30. The molecule has 2 aromatic rings. The third-order valence-electron chi connectivity index (χ3n) is 4.01. The van der Waals surface area contributed by atoms with E-state index in [9.17, 15) is 4.79 Å². The van der Waals surface area contributed by atoms with E-state index in [1.165, 1.54) is 11.3 Å². The number of anilines is 1. The normalized spacial score (nSPS) is 14.9. The van der Waals surface area contributed by atoms with Crippen LogP contribution in [0.1, 0.15) is 31.2 Å². The van der Waals surface area contributed by atoms with Gasteiger partial charge in [0.2, 0.25) is 0 Å². The molecule has 1 fully saturated rings. The SMILES string of the molecule is O=C(Nc1nccs1)N(Cc1ccc(Cl)c(Cl)c1)C1CCCC1. The number of carbonyl (C=O) groups excluding carboxylic acids is 1. The van der Waals surface area contributed by atoms with Gasteiger partial charge in [-0.15, -0.1) is 11.3 Å². The Bertz CT molecular complexity index is 672. The third kappa shape index (κ3) is 4.16. The summed E-state index contributed by atoms with van der Waals surface area (Å²) in [5.41, 5.74) is 0.973. The molecule has 4 nitrogen and oxygen atoms in total. The molecule has 122 valence electrons. The number of urea groups is 1. The highest BCUT2D eigenvalue weighted by Crippen LogP contribution is 2.28. The van der Waals surface area contributed by atoms with Crippen LogP contribution in [0, 0.1) is 0 Å². The Balaban J connectivity index is 1.77. The fourth-order valence-electron chi connectivity index (χ4n) is 2.87. The fraction of sp³-hybridized carbons (Fsp3) is 0.375. The average Bonchev–Trinajstić information content (AvgIpc) is 3.21. The monoisotopic (exact) mass is 369 g/mol. The first kappa shape index (κ1) is 16.6. The zero-order valence-electron chi connectivity index (χ0n) is 12.5. The Morgan fingerprint density at radius 3 is 2.74 bits per heavy atom. The second-order valence-electron chi connectivity index (χ2n) is 5.58. The molecule has 1 N–H and O–H groups in total. The molecule has 1 saturated carbocycles. The lowest BCUT2D eigenvalue weighted by atomic mass is 10.1. The van der Waals surface area contributed by atoms with E-state index in [0.717, 1.165) is 31.2 Å². The average molecular weight is 370 g/mol. The lowest BCUT2D eigenvalue weighted by Gasteiger charge is -2.29. The summed E-state index contributed by atoms with van der Waals surface area (Å²) < 4.78 is 0. The van der Waals surface area contributed by atoms with E-state index in [0.29, 0.717) is 21.7 Å². The van der Waals surface area contributed by atoms with Crippen molar-refractivity contribution < 1.29 is 4.79 Å². The molecule has 0 bridgehead atoms. The molecule has 7 heteroatoms. The second-order valence-corrected chi connectivity index (χ2v) is 7.29. The second kappa shape index (κ2) is 7.51. The minimum Gasteiger partial charge on any atom is -0.317 e. The van der Waals surface area contributed by atoms with Crippen molar-refractivity contribution >= 4 is 45.7 Å². The Morgan fingerprint density at radius 2 is 2.09 bits per heavy atom. The van der Waals surface area contributed by atoms with Crippen LogP contribution >= 0.6 is 34.5 Å². The van der Waals surface area contributed by atoms with Gasteiger partial charge in [0, 0.05) is 24.2 Å². The molecule has 1 heterocycles. The van der Waals surface area contributed by atoms with E-state index in [1.54, 1.807) is 12.3 Å².